The van der Waals surface area contributed by atoms with Gasteiger partial charge in [0, 0.05) is 31.9 Å². The van der Waals surface area contributed by atoms with E-state index >= 15 is 0 Å². The van der Waals surface area contributed by atoms with E-state index in [1.165, 1.54) is 0 Å². The van der Waals surface area contributed by atoms with E-state index in [0.29, 0.717) is 25.4 Å². The number of rotatable bonds is 3. The summed E-state index contributed by atoms with van der Waals surface area (Å²) in [6.45, 7) is 4.84. The van der Waals surface area contributed by atoms with Crippen molar-refractivity contribution in [3.63, 3.8) is 0 Å². The summed E-state index contributed by atoms with van der Waals surface area (Å²) in [4.78, 5) is 25.3. The maximum atomic E-state index is 11.9. The summed E-state index contributed by atoms with van der Waals surface area (Å²) in [7, 11) is 1.62. The average molecular weight is 247 g/mol. The van der Waals surface area contributed by atoms with Crippen molar-refractivity contribution in [3.8, 4) is 0 Å². The molecule has 1 rings (SSSR count). The Labute approximate surface area is 101 Å². The predicted molar refractivity (Wildman–Crippen MR) is 63.3 cm³/mol. The molecular formula is C11H19ClN2O2. The van der Waals surface area contributed by atoms with Crippen LogP contribution in [-0.2, 0) is 9.59 Å². The highest BCUT2D eigenvalue weighted by atomic mass is 35.5. The number of amides is 2. The Morgan fingerprint density at radius 3 is 2.69 bits per heavy atom. The molecule has 2 amide bonds. The lowest BCUT2D eigenvalue weighted by Gasteiger charge is -2.24. The molecule has 1 aliphatic heterocycles. The number of nitrogens with one attached hydrogen (secondary N) is 1. The second-order valence-corrected chi connectivity index (χ2v) is 5.01. The first-order valence-corrected chi connectivity index (χ1v) is 6.05. The fraction of sp³-hybridized carbons (Fsp3) is 0.818. The smallest absolute Gasteiger partial charge is 0.227 e. The standard InChI is InChI=1S/C11H19ClN2O2/c1-8(6-12)9(15)14-5-4-11(2,7-14)10(16)13-3/h8H,4-7H2,1-3H3,(H,13,16). The Kier molecular flexibility index (Phi) is 4.19. The van der Waals surface area contributed by atoms with Gasteiger partial charge >= 0.3 is 0 Å². The highest BCUT2D eigenvalue weighted by Crippen LogP contribution is 2.30. The molecule has 0 aromatic heterocycles. The van der Waals surface area contributed by atoms with E-state index < -0.39 is 5.41 Å². The third-order valence-electron chi connectivity index (χ3n) is 3.21. The molecule has 16 heavy (non-hydrogen) atoms. The van der Waals surface area contributed by atoms with Crippen LogP contribution in [0, 0.1) is 11.3 Å². The van der Waals surface area contributed by atoms with E-state index in [1.54, 1.807) is 11.9 Å². The molecule has 1 N–H and O–H groups in total. The topological polar surface area (TPSA) is 49.4 Å². The molecule has 0 aromatic rings. The monoisotopic (exact) mass is 246 g/mol. The van der Waals surface area contributed by atoms with Gasteiger partial charge in [-0.25, -0.2) is 0 Å². The normalized spacial score (nSPS) is 26.6. The van der Waals surface area contributed by atoms with Crippen molar-refractivity contribution in [1.29, 1.82) is 0 Å². The van der Waals surface area contributed by atoms with Gasteiger partial charge in [-0.15, -0.1) is 11.6 Å². The van der Waals surface area contributed by atoms with E-state index in [-0.39, 0.29) is 17.7 Å². The molecular weight excluding hydrogens is 228 g/mol. The number of halogens is 1. The molecule has 0 spiro atoms. The Morgan fingerprint density at radius 2 is 2.19 bits per heavy atom. The molecule has 4 nitrogen and oxygen atoms in total. The maximum absolute atomic E-state index is 11.9. The highest BCUT2D eigenvalue weighted by molar-refractivity contribution is 6.19. The summed E-state index contributed by atoms with van der Waals surface area (Å²) in [5, 5.41) is 2.65. The van der Waals surface area contributed by atoms with E-state index in [2.05, 4.69) is 5.32 Å². The minimum atomic E-state index is -0.448. The van der Waals surface area contributed by atoms with Crippen LogP contribution in [0.15, 0.2) is 0 Å². The van der Waals surface area contributed by atoms with Crippen molar-refractivity contribution in [2.75, 3.05) is 26.0 Å². The summed E-state index contributed by atoms with van der Waals surface area (Å²) in [5.74, 6) is 0.198. The molecule has 0 bridgehead atoms. The predicted octanol–water partition coefficient (Wildman–Crippen LogP) is 0.846. The summed E-state index contributed by atoms with van der Waals surface area (Å²) in [6.07, 6.45) is 0.716. The molecule has 2 atom stereocenters. The van der Waals surface area contributed by atoms with Crippen LogP contribution in [0.3, 0.4) is 0 Å². The molecule has 0 aromatic carbocycles. The first-order valence-electron chi connectivity index (χ1n) is 5.51. The van der Waals surface area contributed by atoms with E-state index in [9.17, 15) is 9.59 Å². The van der Waals surface area contributed by atoms with Crippen molar-refractivity contribution < 1.29 is 9.59 Å². The van der Waals surface area contributed by atoms with Crippen LogP contribution in [0.25, 0.3) is 0 Å². The van der Waals surface area contributed by atoms with Crippen LogP contribution in [-0.4, -0.2) is 42.7 Å². The number of carbonyl (C=O) groups excluding carboxylic acids is 2. The highest BCUT2D eigenvalue weighted by Gasteiger charge is 2.41. The van der Waals surface area contributed by atoms with Crippen LogP contribution in [0.4, 0.5) is 0 Å². The zero-order chi connectivity index (χ0) is 12.3. The van der Waals surface area contributed by atoms with Gasteiger partial charge in [0.25, 0.3) is 0 Å². The summed E-state index contributed by atoms with van der Waals surface area (Å²) in [6, 6.07) is 0. The van der Waals surface area contributed by atoms with Gasteiger partial charge in [0.1, 0.15) is 0 Å². The minimum Gasteiger partial charge on any atom is -0.359 e. The number of alkyl halides is 1. The van der Waals surface area contributed by atoms with Crippen molar-refractivity contribution in [3.05, 3.63) is 0 Å². The lowest BCUT2D eigenvalue weighted by Crippen LogP contribution is -2.41. The number of likely N-dealkylation sites (tertiary alicyclic amines) is 1. The van der Waals surface area contributed by atoms with Gasteiger partial charge in [0.05, 0.1) is 5.41 Å². The molecule has 0 saturated carbocycles. The molecule has 0 radical (unpaired) electrons. The van der Waals surface area contributed by atoms with E-state index in [1.807, 2.05) is 13.8 Å². The van der Waals surface area contributed by atoms with Crippen LogP contribution in [0.2, 0.25) is 0 Å². The van der Waals surface area contributed by atoms with Crippen LogP contribution < -0.4 is 5.32 Å². The lowest BCUT2D eigenvalue weighted by molar-refractivity contribution is -0.134. The second kappa shape index (κ2) is 5.04. The second-order valence-electron chi connectivity index (χ2n) is 4.70. The van der Waals surface area contributed by atoms with Crippen LogP contribution in [0.5, 0.6) is 0 Å². The number of carbonyl (C=O) groups is 2. The van der Waals surface area contributed by atoms with E-state index in [0.717, 1.165) is 0 Å². The van der Waals surface area contributed by atoms with Gasteiger partial charge in [-0.2, -0.15) is 0 Å². The Morgan fingerprint density at radius 1 is 1.56 bits per heavy atom. The van der Waals surface area contributed by atoms with Crippen molar-refractivity contribution in [1.82, 2.24) is 10.2 Å². The first kappa shape index (κ1) is 13.3. The van der Waals surface area contributed by atoms with Gasteiger partial charge in [0.2, 0.25) is 11.8 Å². The molecule has 2 unspecified atom stereocenters. The fourth-order valence-corrected chi connectivity index (χ4v) is 2.15. The van der Waals surface area contributed by atoms with Crippen LogP contribution in [0.1, 0.15) is 20.3 Å². The quantitative estimate of drug-likeness (QED) is 0.751. The summed E-state index contributed by atoms with van der Waals surface area (Å²) in [5.41, 5.74) is -0.448. The van der Waals surface area contributed by atoms with Gasteiger partial charge in [-0.05, 0) is 13.3 Å². The third-order valence-corrected chi connectivity index (χ3v) is 3.68. The Balaban J connectivity index is 2.65. The SMILES string of the molecule is CNC(=O)C1(C)CCN(C(=O)C(C)CCl)C1. The molecule has 1 aliphatic rings. The van der Waals surface area contributed by atoms with Gasteiger partial charge in [-0.3, -0.25) is 9.59 Å². The minimum absolute atomic E-state index is 0.00123. The van der Waals surface area contributed by atoms with Crippen molar-refractivity contribution >= 4 is 23.4 Å². The van der Waals surface area contributed by atoms with Gasteiger partial charge < -0.3 is 10.2 Å². The number of nitrogens with zero attached hydrogens (tertiary/aromatic N) is 1. The third kappa shape index (κ3) is 2.48. The van der Waals surface area contributed by atoms with E-state index in [4.69, 9.17) is 11.6 Å². The Hall–Kier alpha value is -0.770. The van der Waals surface area contributed by atoms with Gasteiger partial charge in [0.15, 0.2) is 0 Å². The average Bonchev–Trinajstić information content (AvgIpc) is 2.70. The lowest BCUT2D eigenvalue weighted by atomic mass is 9.89. The first-order chi connectivity index (χ1) is 7.44. The molecule has 92 valence electrons. The Bertz CT molecular complexity index is 296. The number of hydrogen-bond donors (Lipinski definition) is 1. The molecule has 1 heterocycles. The molecule has 0 aliphatic carbocycles. The zero-order valence-corrected chi connectivity index (χ0v) is 10.8. The van der Waals surface area contributed by atoms with Crippen molar-refractivity contribution in [2.45, 2.75) is 20.3 Å². The summed E-state index contributed by atoms with van der Waals surface area (Å²) < 4.78 is 0. The fourth-order valence-electron chi connectivity index (χ4n) is 2.01. The van der Waals surface area contributed by atoms with Crippen molar-refractivity contribution in [2.24, 2.45) is 11.3 Å². The molecule has 1 fully saturated rings. The zero-order valence-electron chi connectivity index (χ0n) is 10.0. The largest absolute Gasteiger partial charge is 0.359 e. The van der Waals surface area contributed by atoms with Crippen LogP contribution >= 0.6 is 11.6 Å². The molecule has 1 saturated heterocycles. The van der Waals surface area contributed by atoms with Gasteiger partial charge in [-0.1, -0.05) is 6.92 Å². The summed E-state index contributed by atoms with van der Waals surface area (Å²) >= 11 is 5.66. The molecule has 5 heteroatoms. The maximum Gasteiger partial charge on any atom is 0.227 e. The number of hydrogen-bond acceptors (Lipinski definition) is 2.